The summed E-state index contributed by atoms with van der Waals surface area (Å²) in [4.78, 5) is 0. The van der Waals surface area contributed by atoms with E-state index in [0.717, 1.165) is 44.8 Å². The van der Waals surface area contributed by atoms with Crippen molar-refractivity contribution < 1.29 is 9.47 Å². The Hall–Kier alpha value is -1.10. The van der Waals surface area contributed by atoms with Gasteiger partial charge in [-0.15, -0.1) is 0 Å². The molecule has 2 aliphatic rings. The zero-order chi connectivity index (χ0) is 13.6. The minimum atomic E-state index is 0.284. The molecule has 2 heterocycles. The zero-order valence-electron chi connectivity index (χ0n) is 11.9. The summed E-state index contributed by atoms with van der Waals surface area (Å²) in [7, 11) is 0. The first-order valence-corrected chi connectivity index (χ1v) is 7.67. The van der Waals surface area contributed by atoms with Crippen molar-refractivity contribution in [1.82, 2.24) is 10.6 Å². The Bertz CT molecular complexity index is 356. The average Bonchev–Trinajstić information content (AvgIpc) is 3.17. The minimum Gasteiger partial charge on any atom is -0.491 e. The molecule has 2 aliphatic heterocycles. The summed E-state index contributed by atoms with van der Waals surface area (Å²) in [6.45, 7) is 4.70. The van der Waals surface area contributed by atoms with Crippen molar-refractivity contribution in [1.29, 1.82) is 0 Å². The number of hydrogen-bond donors (Lipinski definition) is 2. The van der Waals surface area contributed by atoms with Crippen LogP contribution in [0.1, 0.15) is 24.8 Å². The van der Waals surface area contributed by atoms with Crippen LogP contribution in [0.2, 0.25) is 0 Å². The molecule has 3 rings (SSSR count). The van der Waals surface area contributed by atoms with Crippen molar-refractivity contribution >= 4 is 0 Å². The molecule has 2 N–H and O–H groups in total. The van der Waals surface area contributed by atoms with E-state index in [2.05, 4.69) is 34.9 Å². The highest BCUT2D eigenvalue weighted by atomic mass is 16.5. The Morgan fingerprint density at radius 2 is 2.15 bits per heavy atom. The molecule has 0 radical (unpaired) electrons. The summed E-state index contributed by atoms with van der Waals surface area (Å²) in [5, 5.41) is 6.94. The summed E-state index contributed by atoms with van der Waals surface area (Å²) in [6.07, 6.45) is 3.79. The zero-order valence-corrected chi connectivity index (χ0v) is 11.9. The van der Waals surface area contributed by atoms with Gasteiger partial charge in [0.2, 0.25) is 0 Å². The highest BCUT2D eigenvalue weighted by Gasteiger charge is 2.16. The smallest absolute Gasteiger partial charge is 0.119 e. The molecule has 1 aromatic rings. The van der Waals surface area contributed by atoms with E-state index in [4.69, 9.17) is 9.47 Å². The van der Waals surface area contributed by atoms with Crippen LogP contribution >= 0.6 is 0 Å². The van der Waals surface area contributed by atoms with Gasteiger partial charge in [-0.1, -0.05) is 12.1 Å². The summed E-state index contributed by atoms with van der Waals surface area (Å²) in [5.41, 5.74) is 1.31. The fourth-order valence-corrected chi connectivity index (χ4v) is 2.76. The van der Waals surface area contributed by atoms with E-state index in [1.165, 1.54) is 12.0 Å². The van der Waals surface area contributed by atoms with E-state index < -0.39 is 0 Å². The van der Waals surface area contributed by atoms with Gasteiger partial charge in [0.25, 0.3) is 0 Å². The average molecular weight is 276 g/mol. The Morgan fingerprint density at radius 1 is 1.25 bits per heavy atom. The van der Waals surface area contributed by atoms with E-state index in [1.807, 2.05) is 0 Å². The molecule has 0 amide bonds. The second kappa shape index (κ2) is 7.07. The summed E-state index contributed by atoms with van der Waals surface area (Å²) in [6, 6.07) is 9.00. The number of ether oxygens (including phenoxy) is 2. The van der Waals surface area contributed by atoms with Crippen LogP contribution in [0.5, 0.6) is 5.75 Å². The lowest BCUT2D eigenvalue weighted by Gasteiger charge is -2.13. The number of nitrogens with one attached hydrogen (secondary N) is 2. The van der Waals surface area contributed by atoms with Gasteiger partial charge in [-0.05, 0) is 43.5 Å². The first-order chi connectivity index (χ1) is 9.90. The van der Waals surface area contributed by atoms with E-state index >= 15 is 0 Å². The lowest BCUT2D eigenvalue weighted by Crippen LogP contribution is -2.30. The van der Waals surface area contributed by atoms with Gasteiger partial charge < -0.3 is 20.1 Å². The van der Waals surface area contributed by atoms with E-state index in [1.54, 1.807) is 0 Å². The molecule has 0 bridgehead atoms. The van der Waals surface area contributed by atoms with Gasteiger partial charge in [-0.3, -0.25) is 0 Å². The van der Waals surface area contributed by atoms with Crippen molar-refractivity contribution in [3.63, 3.8) is 0 Å². The Labute approximate surface area is 120 Å². The topological polar surface area (TPSA) is 42.5 Å². The molecule has 0 spiro atoms. The molecule has 4 heteroatoms. The van der Waals surface area contributed by atoms with Crippen molar-refractivity contribution in [3.05, 3.63) is 29.8 Å². The van der Waals surface area contributed by atoms with Crippen molar-refractivity contribution in [2.24, 2.45) is 0 Å². The summed E-state index contributed by atoms with van der Waals surface area (Å²) < 4.78 is 11.3. The molecule has 2 unspecified atom stereocenters. The van der Waals surface area contributed by atoms with Crippen LogP contribution in [0, 0.1) is 0 Å². The van der Waals surface area contributed by atoms with Gasteiger partial charge in [0.05, 0.1) is 6.10 Å². The minimum absolute atomic E-state index is 0.284. The second-order valence-electron chi connectivity index (χ2n) is 5.66. The lowest BCUT2D eigenvalue weighted by molar-refractivity contribution is 0.0679. The number of rotatable bonds is 6. The van der Waals surface area contributed by atoms with E-state index in [9.17, 15) is 0 Å². The van der Waals surface area contributed by atoms with E-state index in [0.29, 0.717) is 12.6 Å². The van der Waals surface area contributed by atoms with Crippen molar-refractivity contribution in [2.45, 2.75) is 38.0 Å². The first-order valence-electron chi connectivity index (χ1n) is 7.67. The molecule has 2 saturated heterocycles. The van der Waals surface area contributed by atoms with Crippen LogP contribution in [0.3, 0.4) is 0 Å². The normalized spacial score (nSPS) is 26.0. The highest BCUT2D eigenvalue weighted by molar-refractivity contribution is 5.27. The molecule has 0 aliphatic carbocycles. The van der Waals surface area contributed by atoms with Crippen LogP contribution in [0.4, 0.5) is 0 Å². The maximum absolute atomic E-state index is 5.77. The highest BCUT2D eigenvalue weighted by Crippen LogP contribution is 2.16. The third kappa shape index (κ3) is 3.95. The second-order valence-corrected chi connectivity index (χ2v) is 5.66. The third-order valence-electron chi connectivity index (χ3n) is 4.04. The number of benzene rings is 1. The van der Waals surface area contributed by atoms with Crippen LogP contribution < -0.4 is 15.4 Å². The standard InChI is InChI=1S/C16H24N2O2/c1-2-16(19-9-1)12-20-15-5-3-13(4-6-15)10-18-14-7-8-17-11-14/h3-6,14,16-18H,1-2,7-12H2. The fraction of sp³-hybridized carbons (Fsp3) is 0.625. The largest absolute Gasteiger partial charge is 0.491 e. The molecular weight excluding hydrogens is 252 g/mol. The Kier molecular flexibility index (Phi) is 4.90. The van der Waals surface area contributed by atoms with Gasteiger partial charge in [0, 0.05) is 25.7 Å². The summed E-state index contributed by atoms with van der Waals surface area (Å²) >= 11 is 0. The predicted octanol–water partition coefficient (Wildman–Crippen LogP) is 1.70. The Morgan fingerprint density at radius 3 is 2.85 bits per heavy atom. The quantitative estimate of drug-likeness (QED) is 0.830. The Balaban J connectivity index is 1.41. The SMILES string of the molecule is c1cc(OCC2CCCO2)ccc1CNC1CCNC1. The maximum atomic E-state index is 5.77. The van der Waals surface area contributed by atoms with Gasteiger partial charge in [0.15, 0.2) is 0 Å². The molecule has 2 fully saturated rings. The van der Waals surface area contributed by atoms with Crippen LogP contribution in [-0.2, 0) is 11.3 Å². The maximum Gasteiger partial charge on any atom is 0.119 e. The van der Waals surface area contributed by atoms with Crippen molar-refractivity contribution in [3.8, 4) is 5.75 Å². The molecule has 0 aromatic heterocycles. The number of hydrogen-bond acceptors (Lipinski definition) is 4. The van der Waals surface area contributed by atoms with Gasteiger partial charge in [0.1, 0.15) is 12.4 Å². The molecule has 110 valence electrons. The van der Waals surface area contributed by atoms with Gasteiger partial charge in [-0.25, -0.2) is 0 Å². The van der Waals surface area contributed by atoms with E-state index in [-0.39, 0.29) is 6.10 Å². The van der Waals surface area contributed by atoms with Gasteiger partial charge >= 0.3 is 0 Å². The molecule has 20 heavy (non-hydrogen) atoms. The third-order valence-corrected chi connectivity index (χ3v) is 4.04. The molecular formula is C16H24N2O2. The monoisotopic (exact) mass is 276 g/mol. The van der Waals surface area contributed by atoms with Crippen LogP contribution in [0.25, 0.3) is 0 Å². The first kappa shape index (κ1) is 13.9. The van der Waals surface area contributed by atoms with Crippen molar-refractivity contribution in [2.75, 3.05) is 26.3 Å². The van der Waals surface area contributed by atoms with Crippen LogP contribution in [-0.4, -0.2) is 38.4 Å². The molecule has 2 atom stereocenters. The predicted molar refractivity (Wildman–Crippen MR) is 79.0 cm³/mol. The van der Waals surface area contributed by atoms with Gasteiger partial charge in [-0.2, -0.15) is 0 Å². The summed E-state index contributed by atoms with van der Waals surface area (Å²) in [5.74, 6) is 0.937. The molecule has 0 saturated carbocycles. The molecule has 4 nitrogen and oxygen atoms in total. The lowest BCUT2D eigenvalue weighted by atomic mass is 10.2. The van der Waals surface area contributed by atoms with Crippen LogP contribution in [0.15, 0.2) is 24.3 Å². The fourth-order valence-electron chi connectivity index (χ4n) is 2.76. The molecule has 1 aromatic carbocycles.